The van der Waals surface area contributed by atoms with Crippen LogP contribution in [0.25, 0.3) is 0 Å². The molecule has 2 N–H and O–H groups in total. The van der Waals surface area contributed by atoms with Gasteiger partial charge in [-0.2, -0.15) is 5.26 Å². The Morgan fingerprint density at radius 2 is 2.50 bits per heavy atom. The molecule has 0 aromatic rings. The van der Waals surface area contributed by atoms with E-state index in [0.29, 0.717) is 13.0 Å². The summed E-state index contributed by atoms with van der Waals surface area (Å²) in [5, 5.41) is 7.86. The predicted octanol–water partition coefficient (Wildman–Crippen LogP) is 0.0631. The Morgan fingerprint density at radius 1 is 1.83 bits per heavy atom. The van der Waals surface area contributed by atoms with Gasteiger partial charge in [0.2, 0.25) is 0 Å². The highest BCUT2D eigenvalue weighted by Gasteiger charge is 1.74. The van der Waals surface area contributed by atoms with E-state index in [1.165, 1.54) is 0 Å². The SMILES string of the molecule is N#CC[CH]CN. The molecule has 0 aliphatic rings. The molecule has 0 rings (SSSR count). The van der Waals surface area contributed by atoms with Crippen LogP contribution in [0, 0.1) is 17.8 Å². The second kappa shape index (κ2) is 4.45. The van der Waals surface area contributed by atoms with Gasteiger partial charge in [0.1, 0.15) is 0 Å². The van der Waals surface area contributed by atoms with Crippen molar-refractivity contribution in [2.24, 2.45) is 5.73 Å². The Morgan fingerprint density at radius 3 is 2.67 bits per heavy atom. The molecule has 0 saturated heterocycles. The first kappa shape index (κ1) is 5.45. The fraction of sp³-hybridized carbons (Fsp3) is 0.500. The van der Waals surface area contributed by atoms with Crippen LogP contribution in [0.3, 0.4) is 0 Å². The topological polar surface area (TPSA) is 49.8 Å². The molecule has 0 spiro atoms. The molecule has 0 atom stereocenters. The number of nitrogens with zero attached hydrogens (tertiary/aromatic N) is 1. The van der Waals surface area contributed by atoms with Crippen molar-refractivity contribution in [1.82, 2.24) is 0 Å². The highest BCUT2D eigenvalue weighted by Crippen LogP contribution is 1.75. The van der Waals surface area contributed by atoms with Gasteiger partial charge < -0.3 is 5.73 Å². The average molecular weight is 83.1 g/mol. The average Bonchev–Trinajstić information content (AvgIpc) is 1.61. The van der Waals surface area contributed by atoms with E-state index in [1.807, 2.05) is 6.07 Å². The molecule has 6 heavy (non-hydrogen) atoms. The van der Waals surface area contributed by atoms with Gasteiger partial charge in [-0.1, -0.05) is 0 Å². The van der Waals surface area contributed by atoms with E-state index in [9.17, 15) is 0 Å². The molecule has 0 heterocycles. The fourth-order valence-corrected chi connectivity index (χ4v) is 0.148. The van der Waals surface area contributed by atoms with Crippen LogP contribution in [0.2, 0.25) is 0 Å². The van der Waals surface area contributed by atoms with E-state index in [1.54, 1.807) is 6.42 Å². The van der Waals surface area contributed by atoms with Gasteiger partial charge in [0.15, 0.2) is 0 Å². The molecule has 33 valence electrons. The molecule has 0 unspecified atom stereocenters. The minimum atomic E-state index is 0.469. The van der Waals surface area contributed by atoms with Gasteiger partial charge in [0.05, 0.1) is 6.07 Å². The summed E-state index contributed by atoms with van der Waals surface area (Å²) in [6.07, 6.45) is 2.19. The van der Waals surface area contributed by atoms with E-state index < -0.39 is 0 Å². The standard InChI is InChI=1S/C4H7N2/c5-3-1-2-4-6/h1H,2-3,5H2. The minimum absolute atomic E-state index is 0.469. The summed E-state index contributed by atoms with van der Waals surface area (Å²) in [6.45, 7) is 0.508. The van der Waals surface area contributed by atoms with Gasteiger partial charge in [-0.15, -0.1) is 0 Å². The molecule has 0 aliphatic heterocycles. The van der Waals surface area contributed by atoms with Crippen LogP contribution in [-0.2, 0) is 0 Å². The first-order chi connectivity index (χ1) is 2.91. The van der Waals surface area contributed by atoms with E-state index in [0.717, 1.165) is 0 Å². The minimum Gasteiger partial charge on any atom is -0.330 e. The molecule has 2 nitrogen and oxygen atoms in total. The third-order valence-electron chi connectivity index (χ3n) is 0.402. The first-order valence-corrected chi connectivity index (χ1v) is 1.80. The fourth-order valence-electron chi connectivity index (χ4n) is 0.148. The Labute approximate surface area is 37.6 Å². The lowest BCUT2D eigenvalue weighted by Crippen LogP contribution is -1.97. The van der Waals surface area contributed by atoms with Crippen molar-refractivity contribution in [1.29, 1.82) is 5.26 Å². The molecule has 0 aliphatic carbocycles. The van der Waals surface area contributed by atoms with Gasteiger partial charge in [-0.05, 0) is 13.0 Å². The van der Waals surface area contributed by atoms with Crippen LogP contribution >= 0.6 is 0 Å². The molecule has 0 amide bonds. The molecular weight excluding hydrogens is 76.1 g/mol. The lowest BCUT2D eigenvalue weighted by atomic mass is 10.3. The molecule has 0 aromatic heterocycles. The van der Waals surface area contributed by atoms with Crippen molar-refractivity contribution >= 4 is 0 Å². The molecule has 2 heteroatoms. The van der Waals surface area contributed by atoms with E-state index in [-0.39, 0.29) is 0 Å². The molecule has 0 aromatic carbocycles. The number of nitrogens with two attached hydrogens (primary N) is 1. The maximum Gasteiger partial charge on any atom is 0.0625 e. The summed E-state index contributed by atoms with van der Waals surface area (Å²) in [4.78, 5) is 0. The molecule has 1 radical (unpaired) electrons. The number of hydrogen-bond acceptors (Lipinski definition) is 2. The van der Waals surface area contributed by atoms with Crippen molar-refractivity contribution in [2.75, 3.05) is 6.54 Å². The van der Waals surface area contributed by atoms with E-state index in [4.69, 9.17) is 11.0 Å². The van der Waals surface area contributed by atoms with E-state index in [2.05, 4.69) is 0 Å². The van der Waals surface area contributed by atoms with Crippen LogP contribution in [0.15, 0.2) is 0 Å². The Kier molecular flexibility index (Phi) is 4.04. The van der Waals surface area contributed by atoms with Gasteiger partial charge >= 0.3 is 0 Å². The third kappa shape index (κ3) is 3.45. The summed E-state index contributed by atoms with van der Waals surface area (Å²) in [5.41, 5.74) is 5.01. The van der Waals surface area contributed by atoms with Gasteiger partial charge in [0, 0.05) is 6.42 Å². The summed E-state index contributed by atoms with van der Waals surface area (Å²) < 4.78 is 0. The first-order valence-electron chi connectivity index (χ1n) is 1.80. The Bertz CT molecular complexity index is 53.1. The Hall–Kier alpha value is -0.550. The van der Waals surface area contributed by atoms with Crippen molar-refractivity contribution in [3.05, 3.63) is 6.42 Å². The highest BCUT2D eigenvalue weighted by atomic mass is 14.5. The molecular formula is C4H7N2. The van der Waals surface area contributed by atoms with Crippen LogP contribution in [0.5, 0.6) is 0 Å². The lowest BCUT2D eigenvalue weighted by molar-refractivity contribution is 1.07. The van der Waals surface area contributed by atoms with Crippen molar-refractivity contribution in [2.45, 2.75) is 6.42 Å². The quantitative estimate of drug-likeness (QED) is 0.480. The summed E-state index contributed by atoms with van der Waals surface area (Å²) >= 11 is 0. The lowest BCUT2D eigenvalue weighted by Gasteiger charge is -1.77. The number of rotatable bonds is 2. The summed E-state index contributed by atoms with van der Waals surface area (Å²) in [7, 11) is 0. The van der Waals surface area contributed by atoms with Crippen LogP contribution in [-0.4, -0.2) is 6.54 Å². The second-order valence-corrected chi connectivity index (χ2v) is 0.887. The zero-order chi connectivity index (χ0) is 4.83. The third-order valence-corrected chi connectivity index (χ3v) is 0.402. The normalized spacial score (nSPS) is 7.33. The van der Waals surface area contributed by atoms with Crippen molar-refractivity contribution in [3.8, 4) is 6.07 Å². The summed E-state index contributed by atoms with van der Waals surface area (Å²) in [5.74, 6) is 0. The van der Waals surface area contributed by atoms with E-state index >= 15 is 0 Å². The van der Waals surface area contributed by atoms with Crippen LogP contribution < -0.4 is 5.73 Å². The maximum absolute atomic E-state index is 7.86. The predicted molar refractivity (Wildman–Crippen MR) is 23.6 cm³/mol. The van der Waals surface area contributed by atoms with Gasteiger partial charge in [0.25, 0.3) is 0 Å². The smallest absolute Gasteiger partial charge is 0.0625 e. The van der Waals surface area contributed by atoms with Gasteiger partial charge in [-0.3, -0.25) is 0 Å². The van der Waals surface area contributed by atoms with Crippen molar-refractivity contribution < 1.29 is 0 Å². The maximum atomic E-state index is 7.86. The number of unbranched alkanes of at least 4 members (excludes halogenated alkanes) is 1. The Balaban J connectivity index is 2.54. The zero-order valence-corrected chi connectivity index (χ0v) is 3.52. The monoisotopic (exact) mass is 83.1 g/mol. The zero-order valence-electron chi connectivity index (χ0n) is 3.52. The highest BCUT2D eigenvalue weighted by molar-refractivity contribution is 4.80. The number of nitriles is 1. The molecule has 0 bridgehead atoms. The molecule has 0 fully saturated rings. The summed E-state index contributed by atoms with van der Waals surface area (Å²) in [6, 6.07) is 1.93. The second-order valence-electron chi connectivity index (χ2n) is 0.887. The largest absolute Gasteiger partial charge is 0.330 e. The van der Waals surface area contributed by atoms with Crippen LogP contribution in [0.1, 0.15) is 6.42 Å². The van der Waals surface area contributed by atoms with Crippen molar-refractivity contribution in [3.63, 3.8) is 0 Å². The van der Waals surface area contributed by atoms with Gasteiger partial charge in [-0.25, -0.2) is 0 Å². The van der Waals surface area contributed by atoms with Crippen LogP contribution in [0.4, 0.5) is 0 Å². The molecule has 0 saturated carbocycles. The number of hydrogen-bond donors (Lipinski definition) is 1.